The number of nitrogens with zero attached hydrogens (tertiary/aromatic N) is 4. The molecule has 0 saturated heterocycles. The molecular weight excluding hydrogens is 418 g/mol. The van der Waals surface area contributed by atoms with Gasteiger partial charge < -0.3 is 9.84 Å². The Kier molecular flexibility index (Phi) is 6.44. The van der Waals surface area contributed by atoms with E-state index in [9.17, 15) is 9.59 Å². The number of fused-ring (bicyclic) bond motifs is 1. The summed E-state index contributed by atoms with van der Waals surface area (Å²) in [6.45, 7) is 7.56. The van der Waals surface area contributed by atoms with Gasteiger partial charge in [0.1, 0.15) is 6.54 Å². The van der Waals surface area contributed by atoms with Crippen molar-refractivity contribution in [3.8, 4) is 11.4 Å². The first kappa shape index (κ1) is 22.5. The predicted octanol–water partition coefficient (Wildman–Crippen LogP) is 3.88. The summed E-state index contributed by atoms with van der Waals surface area (Å²) in [4.78, 5) is 30.3. The number of amides is 1. The van der Waals surface area contributed by atoms with Gasteiger partial charge in [-0.3, -0.25) is 13.9 Å². The summed E-state index contributed by atoms with van der Waals surface area (Å²) < 4.78 is 8.31. The van der Waals surface area contributed by atoms with E-state index in [0.29, 0.717) is 17.2 Å². The number of hydrogen-bond donors (Lipinski definition) is 1. The lowest BCUT2D eigenvalue weighted by atomic mass is 10.1. The number of carbonyl (C=O) groups excluding carboxylic acids is 1. The van der Waals surface area contributed by atoms with Crippen LogP contribution in [0.15, 0.2) is 57.8 Å². The van der Waals surface area contributed by atoms with Crippen LogP contribution in [0.4, 0.5) is 0 Å². The van der Waals surface area contributed by atoms with Gasteiger partial charge >= 0.3 is 5.69 Å². The number of benzene rings is 2. The zero-order valence-corrected chi connectivity index (χ0v) is 19.4. The Morgan fingerprint density at radius 1 is 1.09 bits per heavy atom. The maximum Gasteiger partial charge on any atom is 0.329 e. The maximum atomic E-state index is 13.2. The van der Waals surface area contributed by atoms with Gasteiger partial charge in [0.15, 0.2) is 0 Å². The summed E-state index contributed by atoms with van der Waals surface area (Å²) in [5, 5.41) is 7.00. The lowest BCUT2D eigenvalue weighted by molar-refractivity contribution is -0.122. The molecule has 2 aromatic heterocycles. The first-order valence-corrected chi connectivity index (χ1v) is 11.2. The number of carbonyl (C=O) groups is 1. The van der Waals surface area contributed by atoms with E-state index < -0.39 is 0 Å². The van der Waals surface area contributed by atoms with E-state index in [4.69, 9.17) is 4.52 Å². The molecule has 0 spiro atoms. The first-order chi connectivity index (χ1) is 15.8. The Labute approximate surface area is 192 Å². The molecule has 0 aliphatic rings. The van der Waals surface area contributed by atoms with Crippen molar-refractivity contribution in [2.45, 2.75) is 59.2 Å². The number of hydrogen-bond acceptors (Lipinski definition) is 5. The maximum absolute atomic E-state index is 13.2. The van der Waals surface area contributed by atoms with Crippen LogP contribution in [0.25, 0.3) is 22.4 Å². The van der Waals surface area contributed by atoms with Gasteiger partial charge in [-0.2, -0.15) is 4.98 Å². The lowest BCUT2D eigenvalue weighted by Crippen LogP contribution is -2.38. The fourth-order valence-corrected chi connectivity index (χ4v) is 4.05. The predicted molar refractivity (Wildman–Crippen MR) is 127 cm³/mol. The number of aryl methyl sites for hydroxylation is 2. The molecule has 1 amide bonds. The molecule has 8 nitrogen and oxygen atoms in total. The van der Waals surface area contributed by atoms with Gasteiger partial charge in [0.2, 0.25) is 17.6 Å². The SMILES string of the molecule is Cc1nc(-c2ccc3c(c2)n(CC(=O)NC(C)CCc2ccccc2)c(=O)n3C(C)C)no1. The summed E-state index contributed by atoms with van der Waals surface area (Å²) >= 11 is 0. The summed E-state index contributed by atoms with van der Waals surface area (Å²) in [6, 6.07) is 15.7. The van der Waals surface area contributed by atoms with E-state index >= 15 is 0 Å². The average molecular weight is 448 g/mol. The van der Waals surface area contributed by atoms with E-state index in [1.807, 2.05) is 57.2 Å². The molecule has 0 aliphatic carbocycles. The minimum absolute atomic E-state index is 0.00952. The van der Waals surface area contributed by atoms with E-state index in [1.165, 1.54) is 10.1 Å². The number of nitrogens with one attached hydrogen (secondary N) is 1. The highest BCUT2D eigenvalue weighted by atomic mass is 16.5. The Hall–Kier alpha value is -3.68. The topological polar surface area (TPSA) is 95.0 Å². The van der Waals surface area contributed by atoms with Crippen molar-refractivity contribution >= 4 is 16.9 Å². The van der Waals surface area contributed by atoms with E-state index in [1.54, 1.807) is 11.5 Å². The molecule has 2 aromatic carbocycles. The highest BCUT2D eigenvalue weighted by Gasteiger charge is 2.19. The molecule has 0 radical (unpaired) electrons. The van der Waals surface area contributed by atoms with Gasteiger partial charge in [0, 0.05) is 24.6 Å². The van der Waals surface area contributed by atoms with E-state index in [-0.39, 0.29) is 30.2 Å². The van der Waals surface area contributed by atoms with Gasteiger partial charge in [-0.05, 0) is 57.4 Å². The zero-order valence-electron chi connectivity index (χ0n) is 19.4. The molecule has 4 aromatic rings. The van der Waals surface area contributed by atoms with Crippen molar-refractivity contribution in [2.24, 2.45) is 0 Å². The Bertz CT molecular complexity index is 1320. The summed E-state index contributed by atoms with van der Waals surface area (Å²) in [5.74, 6) is 0.720. The second kappa shape index (κ2) is 9.44. The Balaban J connectivity index is 1.57. The summed E-state index contributed by atoms with van der Waals surface area (Å²) in [6.07, 6.45) is 1.70. The smallest absolute Gasteiger partial charge is 0.329 e. The quantitative estimate of drug-likeness (QED) is 0.442. The van der Waals surface area contributed by atoms with Crippen LogP contribution in [-0.2, 0) is 17.8 Å². The third kappa shape index (κ3) is 4.89. The lowest BCUT2D eigenvalue weighted by Gasteiger charge is -2.14. The molecule has 0 aliphatic heterocycles. The van der Waals surface area contributed by atoms with Crippen LogP contribution in [-0.4, -0.2) is 31.2 Å². The van der Waals surface area contributed by atoms with Gasteiger partial charge in [0.25, 0.3) is 0 Å². The van der Waals surface area contributed by atoms with Crippen LogP contribution in [0.1, 0.15) is 44.7 Å². The minimum Gasteiger partial charge on any atom is -0.352 e. The van der Waals surface area contributed by atoms with Crippen molar-refractivity contribution in [1.29, 1.82) is 0 Å². The van der Waals surface area contributed by atoms with Gasteiger partial charge in [-0.1, -0.05) is 35.5 Å². The van der Waals surface area contributed by atoms with Crippen molar-refractivity contribution in [3.63, 3.8) is 0 Å². The molecule has 0 saturated carbocycles. The molecule has 1 atom stereocenters. The normalized spacial score (nSPS) is 12.4. The molecule has 0 bridgehead atoms. The molecule has 33 heavy (non-hydrogen) atoms. The first-order valence-electron chi connectivity index (χ1n) is 11.2. The van der Waals surface area contributed by atoms with Crippen molar-refractivity contribution in [3.05, 3.63) is 70.5 Å². The van der Waals surface area contributed by atoms with Crippen LogP contribution in [0.5, 0.6) is 0 Å². The molecule has 8 heteroatoms. The van der Waals surface area contributed by atoms with Gasteiger partial charge in [-0.15, -0.1) is 0 Å². The van der Waals surface area contributed by atoms with E-state index in [2.05, 4.69) is 27.6 Å². The average Bonchev–Trinajstić information content (AvgIpc) is 3.34. The second-order valence-electron chi connectivity index (χ2n) is 8.67. The molecule has 1 unspecified atom stereocenters. The van der Waals surface area contributed by atoms with Gasteiger partial charge in [-0.25, -0.2) is 4.79 Å². The summed E-state index contributed by atoms with van der Waals surface area (Å²) in [5.41, 5.74) is 3.18. The molecule has 172 valence electrons. The van der Waals surface area contributed by atoms with Crippen molar-refractivity contribution in [1.82, 2.24) is 24.6 Å². The van der Waals surface area contributed by atoms with Gasteiger partial charge in [0.05, 0.1) is 11.0 Å². The van der Waals surface area contributed by atoms with Crippen LogP contribution < -0.4 is 11.0 Å². The molecule has 4 rings (SSSR count). The molecule has 1 N–H and O–H groups in total. The van der Waals surface area contributed by atoms with Crippen LogP contribution >= 0.6 is 0 Å². The summed E-state index contributed by atoms with van der Waals surface area (Å²) in [7, 11) is 0. The van der Waals surface area contributed by atoms with Crippen LogP contribution in [0.2, 0.25) is 0 Å². The number of imidazole rings is 1. The second-order valence-corrected chi connectivity index (χ2v) is 8.67. The largest absolute Gasteiger partial charge is 0.352 e. The standard InChI is InChI=1S/C25H29N5O3/c1-16(2)30-21-13-12-20(24-27-18(4)33-28-24)14-22(21)29(25(30)32)15-23(31)26-17(3)10-11-19-8-6-5-7-9-19/h5-9,12-14,16-17H,10-11,15H2,1-4H3,(H,26,31). The third-order valence-electron chi connectivity index (χ3n) is 5.68. The van der Waals surface area contributed by atoms with E-state index in [0.717, 1.165) is 23.9 Å². The zero-order chi connectivity index (χ0) is 23.5. The Morgan fingerprint density at radius 3 is 2.52 bits per heavy atom. The Morgan fingerprint density at radius 2 is 1.85 bits per heavy atom. The molecule has 2 heterocycles. The fourth-order valence-electron chi connectivity index (χ4n) is 4.05. The number of rotatable bonds is 8. The highest BCUT2D eigenvalue weighted by Crippen LogP contribution is 2.24. The minimum atomic E-state index is -0.214. The molecule has 0 fully saturated rings. The number of aromatic nitrogens is 4. The van der Waals surface area contributed by atoms with Crippen LogP contribution in [0.3, 0.4) is 0 Å². The van der Waals surface area contributed by atoms with Crippen molar-refractivity contribution in [2.75, 3.05) is 0 Å². The van der Waals surface area contributed by atoms with Crippen molar-refractivity contribution < 1.29 is 9.32 Å². The van der Waals surface area contributed by atoms with Crippen LogP contribution in [0, 0.1) is 6.92 Å². The monoisotopic (exact) mass is 447 g/mol. The molecular formula is C25H29N5O3. The third-order valence-corrected chi connectivity index (χ3v) is 5.68. The highest BCUT2D eigenvalue weighted by molar-refractivity contribution is 5.84. The fraction of sp³-hybridized carbons (Fsp3) is 0.360.